The van der Waals surface area contributed by atoms with Crippen molar-refractivity contribution in [1.29, 1.82) is 0 Å². The molecule has 0 saturated carbocycles. The molecule has 0 atom stereocenters. The van der Waals surface area contributed by atoms with Crippen LogP contribution in [0.25, 0.3) is 6.08 Å². The molecule has 1 heterocycles. The summed E-state index contributed by atoms with van der Waals surface area (Å²) in [6, 6.07) is 11.2. The predicted octanol–water partition coefficient (Wildman–Crippen LogP) is 5.15. The zero-order chi connectivity index (χ0) is 22.4. The number of thioether (sulfide) groups is 1. The maximum atomic E-state index is 12.3. The molecule has 1 amide bonds. The molecule has 31 heavy (non-hydrogen) atoms. The topological polar surface area (TPSA) is 57.2 Å². The highest BCUT2D eigenvalue weighted by Gasteiger charge is 2.28. The Labute approximate surface area is 199 Å². The first-order valence-corrected chi connectivity index (χ1v) is 11.5. The summed E-state index contributed by atoms with van der Waals surface area (Å²) in [5.74, 6) is 2.36. The second kappa shape index (κ2) is 10.9. The van der Waals surface area contributed by atoms with Crippen LogP contribution in [-0.2, 0) is 4.79 Å². The summed E-state index contributed by atoms with van der Waals surface area (Å²) in [6.45, 7) is 3.02. The van der Waals surface area contributed by atoms with Crippen molar-refractivity contribution in [2.24, 2.45) is 0 Å². The summed E-state index contributed by atoms with van der Waals surface area (Å²) in [5, 5.41) is 0. The molecule has 164 valence electrons. The Balaban J connectivity index is 1.72. The van der Waals surface area contributed by atoms with E-state index in [0.29, 0.717) is 56.5 Å². The summed E-state index contributed by atoms with van der Waals surface area (Å²) < 4.78 is 24.0. The number of rotatable bonds is 9. The van der Waals surface area contributed by atoms with Gasteiger partial charge in [-0.25, -0.2) is 0 Å². The fourth-order valence-electron chi connectivity index (χ4n) is 2.80. The molecular formula is C22H22BrNO5S2. The summed E-state index contributed by atoms with van der Waals surface area (Å²) >= 11 is 10.0. The van der Waals surface area contributed by atoms with Crippen LogP contribution in [0, 0.1) is 0 Å². The van der Waals surface area contributed by atoms with Gasteiger partial charge in [-0.05, 0) is 58.8 Å². The minimum absolute atomic E-state index is 0.113. The lowest BCUT2D eigenvalue weighted by Crippen LogP contribution is -2.22. The molecule has 0 N–H and O–H groups in total. The first kappa shape index (κ1) is 23.4. The monoisotopic (exact) mass is 523 g/mol. The minimum atomic E-state index is -0.113. The number of benzene rings is 2. The number of halogens is 1. The van der Waals surface area contributed by atoms with Crippen molar-refractivity contribution in [3.05, 3.63) is 51.3 Å². The average molecular weight is 524 g/mol. The fraction of sp³-hybridized carbons (Fsp3) is 0.273. The molecule has 6 nitrogen and oxygen atoms in total. The number of ether oxygens (including phenoxy) is 4. The second-order valence-corrected chi connectivity index (χ2v) is 8.88. The largest absolute Gasteiger partial charge is 0.493 e. The van der Waals surface area contributed by atoms with E-state index in [2.05, 4.69) is 15.9 Å². The average Bonchev–Trinajstić information content (AvgIpc) is 2.99. The zero-order valence-corrected chi connectivity index (χ0v) is 20.6. The molecule has 2 aromatic rings. The second-order valence-electron chi connectivity index (χ2n) is 6.35. The highest BCUT2D eigenvalue weighted by molar-refractivity contribution is 9.10. The van der Waals surface area contributed by atoms with Gasteiger partial charge in [0.15, 0.2) is 23.0 Å². The van der Waals surface area contributed by atoms with E-state index in [9.17, 15) is 4.79 Å². The summed E-state index contributed by atoms with van der Waals surface area (Å²) in [6.07, 6.45) is 1.80. The van der Waals surface area contributed by atoms with E-state index in [1.165, 1.54) is 16.7 Å². The van der Waals surface area contributed by atoms with E-state index >= 15 is 0 Å². The van der Waals surface area contributed by atoms with Crippen LogP contribution in [0.3, 0.4) is 0 Å². The number of carbonyl (C=O) groups excluding carboxylic acids is 1. The molecule has 0 radical (unpaired) electrons. The SMILES string of the molecule is CCOc1cc(/C=C2\SC(=S)N(C)C2=O)cc(Br)c1OCCOc1ccccc1OC. The Morgan fingerprint density at radius 2 is 1.81 bits per heavy atom. The van der Waals surface area contributed by atoms with Gasteiger partial charge in [-0.2, -0.15) is 0 Å². The lowest BCUT2D eigenvalue weighted by Gasteiger charge is -2.15. The Morgan fingerprint density at radius 1 is 1.10 bits per heavy atom. The van der Waals surface area contributed by atoms with E-state index in [4.69, 9.17) is 31.2 Å². The number of likely N-dealkylation sites (N-methyl/N-ethyl adjacent to an activating group) is 1. The number of thiocarbonyl (C=S) groups is 1. The van der Waals surface area contributed by atoms with Crippen LogP contribution in [0.2, 0.25) is 0 Å². The van der Waals surface area contributed by atoms with Crippen molar-refractivity contribution >= 4 is 56.2 Å². The van der Waals surface area contributed by atoms with Crippen LogP contribution in [-0.4, -0.2) is 49.1 Å². The van der Waals surface area contributed by atoms with Gasteiger partial charge in [0.05, 0.1) is 23.1 Å². The van der Waals surface area contributed by atoms with Crippen LogP contribution in [0.4, 0.5) is 0 Å². The maximum absolute atomic E-state index is 12.3. The number of methoxy groups -OCH3 is 1. The molecule has 0 spiro atoms. The molecule has 0 unspecified atom stereocenters. The Kier molecular flexibility index (Phi) is 8.22. The number of amides is 1. The summed E-state index contributed by atoms with van der Waals surface area (Å²) in [4.78, 5) is 14.3. The first-order valence-electron chi connectivity index (χ1n) is 9.51. The van der Waals surface area contributed by atoms with Gasteiger partial charge in [0, 0.05) is 7.05 Å². The molecule has 3 rings (SSSR count). The van der Waals surface area contributed by atoms with Crippen LogP contribution in [0.5, 0.6) is 23.0 Å². The molecule has 9 heteroatoms. The lowest BCUT2D eigenvalue weighted by atomic mass is 10.2. The van der Waals surface area contributed by atoms with Crippen molar-refractivity contribution in [1.82, 2.24) is 4.90 Å². The van der Waals surface area contributed by atoms with Gasteiger partial charge >= 0.3 is 0 Å². The third-order valence-electron chi connectivity index (χ3n) is 4.27. The highest BCUT2D eigenvalue weighted by Crippen LogP contribution is 2.39. The Morgan fingerprint density at radius 3 is 2.45 bits per heavy atom. The Bertz CT molecular complexity index is 1010. The zero-order valence-electron chi connectivity index (χ0n) is 17.3. The van der Waals surface area contributed by atoms with E-state index < -0.39 is 0 Å². The smallest absolute Gasteiger partial charge is 0.265 e. The fourth-order valence-corrected chi connectivity index (χ4v) is 4.56. The molecule has 1 aliphatic rings. The number of hydrogen-bond acceptors (Lipinski definition) is 7. The molecule has 1 aliphatic heterocycles. The van der Waals surface area contributed by atoms with Gasteiger partial charge < -0.3 is 18.9 Å². The maximum Gasteiger partial charge on any atom is 0.265 e. The molecule has 0 bridgehead atoms. The van der Waals surface area contributed by atoms with Crippen LogP contribution in [0.15, 0.2) is 45.8 Å². The number of hydrogen-bond donors (Lipinski definition) is 0. The van der Waals surface area contributed by atoms with Gasteiger partial charge in [0.2, 0.25) is 0 Å². The van der Waals surface area contributed by atoms with Crippen molar-refractivity contribution in [2.75, 3.05) is 34.0 Å². The molecule has 0 aromatic heterocycles. The van der Waals surface area contributed by atoms with Gasteiger partial charge in [0.25, 0.3) is 5.91 Å². The third kappa shape index (κ3) is 5.72. The predicted molar refractivity (Wildman–Crippen MR) is 130 cm³/mol. The van der Waals surface area contributed by atoms with Gasteiger partial charge in [-0.3, -0.25) is 9.69 Å². The number of para-hydroxylation sites is 2. The van der Waals surface area contributed by atoms with Crippen LogP contribution < -0.4 is 18.9 Å². The number of carbonyl (C=O) groups is 1. The van der Waals surface area contributed by atoms with E-state index in [0.717, 1.165) is 5.56 Å². The first-order chi connectivity index (χ1) is 14.9. The number of nitrogens with zero attached hydrogens (tertiary/aromatic N) is 1. The summed E-state index contributed by atoms with van der Waals surface area (Å²) in [7, 11) is 3.27. The van der Waals surface area contributed by atoms with E-state index in [1.807, 2.05) is 43.3 Å². The van der Waals surface area contributed by atoms with E-state index in [-0.39, 0.29) is 5.91 Å². The van der Waals surface area contributed by atoms with Gasteiger partial charge in [-0.15, -0.1) is 0 Å². The molecule has 0 aliphatic carbocycles. The van der Waals surface area contributed by atoms with Crippen molar-refractivity contribution in [2.45, 2.75) is 6.92 Å². The molecular weight excluding hydrogens is 502 g/mol. The minimum Gasteiger partial charge on any atom is -0.493 e. The Hall–Kier alpha value is -2.23. The van der Waals surface area contributed by atoms with Gasteiger partial charge in [-0.1, -0.05) is 36.1 Å². The quantitative estimate of drug-likeness (QED) is 0.256. The molecule has 2 aromatic carbocycles. The van der Waals surface area contributed by atoms with Crippen molar-refractivity contribution < 1.29 is 23.7 Å². The van der Waals surface area contributed by atoms with Crippen molar-refractivity contribution in [3.8, 4) is 23.0 Å². The molecule has 1 fully saturated rings. The van der Waals surface area contributed by atoms with Crippen LogP contribution >= 0.6 is 39.9 Å². The molecule has 1 saturated heterocycles. The normalized spacial score (nSPS) is 14.8. The summed E-state index contributed by atoms with van der Waals surface area (Å²) in [5.41, 5.74) is 0.807. The van der Waals surface area contributed by atoms with Gasteiger partial charge in [0.1, 0.15) is 17.5 Å². The lowest BCUT2D eigenvalue weighted by molar-refractivity contribution is -0.121. The standard InChI is InChI=1S/C22H22BrNO5S2/c1-4-27-18-12-14(13-19-21(25)24(2)22(30)31-19)11-15(23)20(18)29-10-9-28-17-8-6-5-7-16(17)26-3/h5-8,11-13H,4,9-10H2,1-3H3/b19-13-. The van der Waals surface area contributed by atoms with E-state index in [1.54, 1.807) is 20.2 Å². The third-order valence-corrected chi connectivity index (χ3v) is 6.35. The van der Waals surface area contributed by atoms with Crippen LogP contribution in [0.1, 0.15) is 12.5 Å². The van der Waals surface area contributed by atoms with Crippen molar-refractivity contribution in [3.63, 3.8) is 0 Å². The highest BCUT2D eigenvalue weighted by atomic mass is 79.9.